The van der Waals surface area contributed by atoms with Crippen molar-refractivity contribution >= 4 is 73.7 Å². The summed E-state index contributed by atoms with van der Waals surface area (Å²) in [6.45, 7) is 6.77. The Bertz CT molecular complexity index is 2560. The molecule has 1 aliphatic carbocycles. The summed E-state index contributed by atoms with van der Waals surface area (Å²) < 4.78 is 28.3. The maximum atomic E-state index is 14.0. The van der Waals surface area contributed by atoms with E-state index in [0.717, 1.165) is 17.5 Å². The molecule has 3 aromatic heterocycles. The standard InChI is InChI=1S/C49H62BrN9O12/c1-30-7-13-41(50)55-46(30)56-47(65)39-23-49(3)24-40(49)59(39)44(64)27-58-38-12-8-32(22-36(38)45(57-58)31(2)60)33-25-53-42(54-26-33)14-10-35(62)28-70-20-19-69-17-15-52-43(63)29-71-21-18-68-16-5-6-34(61)9-11-37(51)48(66)67-4/h7-8,12-13,22,25-26,37,39-40H,5-6,9-11,14-21,23-24,27-29,51H2,1-4H3,(H,52,63)(H,55,56,65)/t37-,39-,40+,49-/m0/s1. The number of rotatable bonds is 30. The highest BCUT2D eigenvalue weighted by Crippen LogP contribution is 2.59. The topological polar surface area (TPSA) is 275 Å². The first-order valence-corrected chi connectivity index (χ1v) is 24.4. The molecule has 21 nitrogen and oxygen atoms in total. The summed E-state index contributed by atoms with van der Waals surface area (Å²) in [6.07, 6.45) is 6.41. The third-order valence-corrected chi connectivity index (χ3v) is 12.8. The summed E-state index contributed by atoms with van der Waals surface area (Å²) in [5.41, 5.74) is 8.51. The monoisotopic (exact) mass is 1050 g/mol. The van der Waals surface area contributed by atoms with E-state index in [1.54, 1.807) is 29.4 Å². The number of piperidine rings is 1. The minimum Gasteiger partial charge on any atom is -0.468 e. The molecule has 0 unspecified atom stereocenters. The number of methoxy groups -OCH3 is 1. The molecule has 2 aliphatic rings. The summed E-state index contributed by atoms with van der Waals surface area (Å²) in [6, 6.07) is 7.56. The Morgan fingerprint density at radius 1 is 0.873 bits per heavy atom. The number of nitrogens with zero attached hydrogens (tertiary/aromatic N) is 6. The maximum absolute atomic E-state index is 14.0. The number of aromatic nitrogens is 5. The lowest BCUT2D eigenvalue weighted by molar-refractivity contribution is -0.142. The zero-order valence-corrected chi connectivity index (χ0v) is 42.1. The fourth-order valence-corrected chi connectivity index (χ4v) is 8.59. The normalized spacial score (nSPS) is 17.4. The van der Waals surface area contributed by atoms with E-state index in [4.69, 9.17) is 24.7 Å². The van der Waals surface area contributed by atoms with Crippen LogP contribution in [0.15, 0.2) is 47.3 Å². The van der Waals surface area contributed by atoms with Crippen LogP contribution in [-0.2, 0) is 65.4 Å². The predicted molar refractivity (Wildman–Crippen MR) is 261 cm³/mol. The zero-order valence-electron chi connectivity index (χ0n) is 40.5. The number of halogens is 1. The molecule has 4 aromatic rings. The molecule has 1 aromatic carbocycles. The lowest BCUT2D eigenvalue weighted by Crippen LogP contribution is -2.47. The van der Waals surface area contributed by atoms with Gasteiger partial charge in [-0.2, -0.15) is 5.10 Å². The number of nitrogens with one attached hydrogen (secondary N) is 2. The SMILES string of the molecule is COC(=O)[C@@H](N)CCC(=O)CCCOCCOCC(=O)NCCOCCOCC(=O)CCc1ncc(-c2ccc3c(c2)c(C(C)=O)nn3CC(=O)N2[C@H](C(=O)Nc3nc(Br)ccc3C)C[C@@]3(C)C[C@@H]23)cn1. The van der Waals surface area contributed by atoms with Gasteiger partial charge in [-0.3, -0.25) is 38.2 Å². The number of pyridine rings is 1. The number of likely N-dealkylation sites (tertiary alicyclic amines) is 1. The van der Waals surface area contributed by atoms with Gasteiger partial charge >= 0.3 is 5.97 Å². The molecule has 71 heavy (non-hydrogen) atoms. The number of esters is 1. The molecule has 1 saturated heterocycles. The summed E-state index contributed by atoms with van der Waals surface area (Å²) in [5, 5.41) is 10.7. The zero-order chi connectivity index (χ0) is 51.1. The Hall–Kier alpha value is -5.91. The first kappa shape index (κ1) is 54.4. The van der Waals surface area contributed by atoms with Crippen molar-refractivity contribution in [3.63, 3.8) is 0 Å². The van der Waals surface area contributed by atoms with Crippen molar-refractivity contribution in [3.05, 3.63) is 64.4 Å². The number of amides is 3. The molecule has 4 N–H and O–H groups in total. The van der Waals surface area contributed by atoms with Gasteiger partial charge in [0.1, 0.15) is 59.6 Å². The molecule has 1 aliphatic heterocycles. The minimum atomic E-state index is -0.806. The number of ketones is 3. The summed E-state index contributed by atoms with van der Waals surface area (Å²) >= 11 is 3.36. The van der Waals surface area contributed by atoms with Gasteiger partial charge in [0.2, 0.25) is 17.7 Å². The van der Waals surface area contributed by atoms with Gasteiger partial charge in [0.05, 0.1) is 45.7 Å². The number of ether oxygens (including phenoxy) is 5. The highest BCUT2D eigenvalue weighted by Gasteiger charge is 2.64. The lowest BCUT2D eigenvalue weighted by atomic mass is 10.0. The molecular weight excluding hydrogens is 986 g/mol. The van der Waals surface area contributed by atoms with E-state index in [2.05, 4.69) is 58.3 Å². The molecule has 0 radical (unpaired) electrons. The van der Waals surface area contributed by atoms with Crippen LogP contribution in [0.4, 0.5) is 5.82 Å². The second kappa shape index (κ2) is 26.0. The van der Waals surface area contributed by atoms with Crippen molar-refractivity contribution in [2.75, 3.05) is 71.8 Å². The second-order valence-electron chi connectivity index (χ2n) is 17.9. The quantitative estimate of drug-likeness (QED) is 0.0292. The number of carbonyl (C=O) groups is 7. The number of anilines is 1. The van der Waals surface area contributed by atoms with Gasteiger partial charge in [-0.05, 0) is 83.3 Å². The number of benzene rings is 1. The van der Waals surface area contributed by atoms with Gasteiger partial charge in [-0.1, -0.05) is 19.1 Å². The van der Waals surface area contributed by atoms with E-state index >= 15 is 0 Å². The van der Waals surface area contributed by atoms with E-state index in [-0.39, 0.29) is 131 Å². The average Bonchev–Trinajstić information content (AvgIpc) is 3.71. The van der Waals surface area contributed by atoms with Crippen LogP contribution in [0.25, 0.3) is 22.0 Å². The van der Waals surface area contributed by atoms with Crippen LogP contribution in [0.3, 0.4) is 0 Å². The van der Waals surface area contributed by atoms with Gasteiger partial charge in [0.15, 0.2) is 11.6 Å². The number of hydrogen-bond acceptors (Lipinski definition) is 17. The van der Waals surface area contributed by atoms with Gasteiger partial charge in [0.25, 0.3) is 0 Å². The highest BCUT2D eigenvalue weighted by molar-refractivity contribution is 9.10. The third-order valence-electron chi connectivity index (χ3n) is 12.4. The number of fused-ring (bicyclic) bond motifs is 2. The number of nitrogens with two attached hydrogens (primary N) is 1. The molecule has 4 heterocycles. The van der Waals surface area contributed by atoms with Crippen LogP contribution in [0.2, 0.25) is 0 Å². The van der Waals surface area contributed by atoms with Crippen LogP contribution in [0.1, 0.15) is 80.7 Å². The largest absolute Gasteiger partial charge is 0.468 e. The summed E-state index contributed by atoms with van der Waals surface area (Å²) in [5.74, 6) is -0.895. The molecule has 3 amide bonds. The highest BCUT2D eigenvalue weighted by atomic mass is 79.9. The first-order valence-electron chi connectivity index (χ1n) is 23.6. The predicted octanol–water partition coefficient (Wildman–Crippen LogP) is 3.49. The number of aryl methyl sites for hydroxylation is 2. The van der Waals surface area contributed by atoms with E-state index in [0.29, 0.717) is 65.0 Å². The van der Waals surface area contributed by atoms with E-state index < -0.39 is 18.1 Å². The summed E-state index contributed by atoms with van der Waals surface area (Å²) in [7, 11) is 1.25. The van der Waals surface area contributed by atoms with Crippen LogP contribution in [0, 0.1) is 12.3 Å². The van der Waals surface area contributed by atoms with Crippen LogP contribution < -0.4 is 16.4 Å². The van der Waals surface area contributed by atoms with Crippen LogP contribution in [0.5, 0.6) is 0 Å². The summed E-state index contributed by atoms with van der Waals surface area (Å²) in [4.78, 5) is 103. The Labute approximate surface area is 419 Å². The van der Waals surface area contributed by atoms with Gasteiger partial charge in [0, 0.05) is 75.1 Å². The Morgan fingerprint density at radius 3 is 2.32 bits per heavy atom. The molecule has 382 valence electrons. The average molecular weight is 1050 g/mol. The van der Waals surface area contributed by atoms with Crippen molar-refractivity contribution < 1.29 is 57.2 Å². The molecule has 4 atom stereocenters. The van der Waals surface area contributed by atoms with Crippen LogP contribution in [-0.4, -0.2) is 155 Å². The molecule has 0 bridgehead atoms. The molecule has 1 saturated carbocycles. The molecular formula is C49H62BrN9O12. The fraction of sp³-hybridized carbons (Fsp3) is 0.531. The molecule has 22 heteroatoms. The third kappa shape index (κ3) is 15.5. The number of hydrogen-bond donors (Lipinski definition) is 3. The van der Waals surface area contributed by atoms with Crippen molar-refractivity contribution in [3.8, 4) is 11.1 Å². The second-order valence-corrected chi connectivity index (χ2v) is 18.7. The first-order chi connectivity index (χ1) is 34.1. The lowest BCUT2D eigenvalue weighted by Gasteiger charge is -2.27. The maximum Gasteiger partial charge on any atom is 0.322 e. The van der Waals surface area contributed by atoms with Gasteiger partial charge in [-0.25, -0.2) is 15.0 Å². The molecule has 2 fully saturated rings. The minimum absolute atomic E-state index is 0.00769. The smallest absolute Gasteiger partial charge is 0.322 e. The van der Waals surface area contributed by atoms with E-state index in [9.17, 15) is 33.6 Å². The number of carbonyl (C=O) groups excluding carboxylic acids is 7. The molecule has 6 rings (SSSR count). The van der Waals surface area contributed by atoms with Crippen LogP contribution >= 0.6 is 15.9 Å². The molecule has 0 spiro atoms. The number of Topliss-reactive ketones (excluding diaryl/α,β-unsaturated/α-hetero) is 3. The van der Waals surface area contributed by atoms with Crippen molar-refractivity contribution in [2.24, 2.45) is 11.1 Å². The Kier molecular flexibility index (Phi) is 19.9. The van der Waals surface area contributed by atoms with Crippen molar-refractivity contribution in [2.45, 2.75) is 96.8 Å². The van der Waals surface area contributed by atoms with E-state index in [1.807, 2.05) is 25.1 Å². The Balaban J connectivity index is 0.847. The van der Waals surface area contributed by atoms with E-state index in [1.165, 1.54) is 18.7 Å². The fourth-order valence-electron chi connectivity index (χ4n) is 8.28. The van der Waals surface area contributed by atoms with Gasteiger partial charge in [-0.15, -0.1) is 0 Å². The van der Waals surface area contributed by atoms with Crippen molar-refractivity contribution in [1.29, 1.82) is 0 Å². The van der Waals surface area contributed by atoms with Gasteiger partial charge < -0.3 is 45.0 Å². The Morgan fingerprint density at radius 2 is 1.59 bits per heavy atom. The van der Waals surface area contributed by atoms with Crippen molar-refractivity contribution in [1.82, 2.24) is 34.9 Å².